The van der Waals surface area contributed by atoms with Gasteiger partial charge in [-0.05, 0) is 37.1 Å². The van der Waals surface area contributed by atoms with Crippen molar-refractivity contribution in [3.8, 4) is 0 Å². The summed E-state index contributed by atoms with van der Waals surface area (Å²) in [7, 11) is 0. The van der Waals surface area contributed by atoms with Gasteiger partial charge in [-0.25, -0.2) is 0 Å². The molecule has 6 heteroatoms. The largest absolute Gasteiger partial charge is 0.279 e. The molecule has 196 valence electrons. The predicted molar refractivity (Wildman–Crippen MR) is 145 cm³/mol. The molecule has 2 aromatic rings. The molecular formula is C30H42N2O4. The molecule has 0 aliphatic heterocycles. The van der Waals surface area contributed by atoms with Gasteiger partial charge in [-0.15, -0.1) is 0 Å². The molecular weight excluding hydrogens is 452 g/mol. The first-order chi connectivity index (χ1) is 17.4. The van der Waals surface area contributed by atoms with Crippen LogP contribution in [0.5, 0.6) is 0 Å². The maximum atomic E-state index is 12.3. The maximum absolute atomic E-state index is 12.3. The Balaban J connectivity index is 0.000000362. The van der Waals surface area contributed by atoms with Crippen molar-refractivity contribution >= 4 is 23.6 Å². The van der Waals surface area contributed by atoms with E-state index in [1.807, 2.05) is 43.3 Å². The minimum Gasteiger partial charge on any atom is -0.279 e. The van der Waals surface area contributed by atoms with Gasteiger partial charge in [0.1, 0.15) is 0 Å². The van der Waals surface area contributed by atoms with Gasteiger partial charge in [-0.2, -0.15) is 0 Å². The molecule has 0 fully saturated rings. The molecule has 0 aliphatic carbocycles. The number of amides is 4. The highest BCUT2D eigenvalue weighted by molar-refractivity contribution is 6.05. The molecule has 4 amide bonds. The molecule has 0 unspecified atom stereocenters. The molecule has 0 atom stereocenters. The van der Waals surface area contributed by atoms with Crippen molar-refractivity contribution in [2.45, 2.75) is 79.1 Å². The summed E-state index contributed by atoms with van der Waals surface area (Å²) in [5.41, 5.74) is 1.16. The molecule has 0 radical (unpaired) electrons. The number of unbranched alkanes of at least 4 members (excludes halogenated alkanes) is 4. The number of imide groups is 2. The molecule has 6 nitrogen and oxygen atoms in total. The highest BCUT2D eigenvalue weighted by Gasteiger charge is 2.21. The van der Waals surface area contributed by atoms with Crippen molar-refractivity contribution in [2.24, 2.45) is 0 Å². The fourth-order valence-corrected chi connectivity index (χ4v) is 3.55. The Bertz CT molecular complexity index is 928. The normalized spacial score (nSPS) is 10.1. The number of rotatable bonds is 12. The van der Waals surface area contributed by atoms with Crippen LogP contribution in [0.25, 0.3) is 0 Å². The van der Waals surface area contributed by atoms with Gasteiger partial charge >= 0.3 is 0 Å². The molecule has 0 aromatic heterocycles. The summed E-state index contributed by atoms with van der Waals surface area (Å²) in [5.74, 6) is -0.562. The fraction of sp³-hybridized carbons (Fsp3) is 0.467. The summed E-state index contributed by atoms with van der Waals surface area (Å²) in [6, 6.07) is 18.0. The monoisotopic (exact) mass is 494 g/mol. The van der Waals surface area contributed by atoms with Crippen molar-refractivity contribution in [1.29, 1.82) is 0 Å². The summed E-state index contributed by atoms with van der Waals surface area (Å²) in [6.45, 7) is 8.79. The lowest BCUT2D eigenvalue weighted by Crippen LogP contribution is -2.37. The zero-order valence-electron chi connectivity index (χ0n) is 22.4. The number of carbonyl (C=O) groups is 4. The first kappa shape index (κ1) is 30.8. The van der Waals surface area contributed by atoms with Crippen LogP contribution in [0.2, 0.25) is 0 Å². The maximum Gasteiger partial charge on any atom is 0.260 e. The Morgan fingerprint density at radius 1 is 0.528 bits per heavy atom. The molecule has 0 heterocycles. The molecule has 0 spiro atoms. The summed E-state index contributed by atoms with van der Waals surface area (Å²) in [4.78, 5) is 50.9. The van der Waals surface area contributed by atoms with Gasteiger partial charge in [0.2, 0.25) is 11.8 Å². The zero-order valence-corrected chi connectivity index (χ0v) is 22.4. The first-order valence-corrected chi connectivity index (χ1v) is 13.2. The summed E-state index contributed by atoms with van der Waals surface area (Å²) in [6.07, 6.45) is 6.79. The van der Waals surface area contributed by atoms with Gasteiger partial charge in [0, 0.05) is 37.1 Å². The topological polar surface area (TPSA) is 74.8 Å². The summed E-state index contributed by atoms with van der Waals surface area (Å²) in [5, 5.41) is 0. The van der Waals surface area contributed by atoms with Crippen LogP contribution in [0, 0.1) is 0 Å². The third kappa shape index (κ3) is 10.5. The number of nitrogens with zero attached hydrogens (tertiary/aromatic N) is 2. The van der Waals surface area contributed by atoms with Crippen LogP contribution >= 0.6 is 0 Å². The third-order valence-electron chi connectivity index (χ3n) is 5.71. The molecule has 0 saturated heterocycles. The fourth-order valence-electron chi connectivity index (χ4n) is 3.55. The van der Waals surface area contributed by atoms with Crippen LogP contribution in [-0.4, -0.2) is 46.5 Å². The molecule has 0 saturated carbocycles. The number of hydrogen-bond donors (Lipinski definition) is 0. The van der Waals surface area contributed by atoms with Gasteiger partial charge in [-0.3, -0.25) is 29.0 Å². The predicted octanol–water partition coefficient (Wildman–Crippen LogP) is 6.51. The van der Waals surface area contributed by atoms with Crippen LogP contribution in [0.1, 0.15) is 99.8 Å². The molecule has 36 heavy (non-hydrogen) atoms. The smallest absolute Gasteiger partial charge is 0.260 e. The number of carbonyl (C=O) groups excluding carboxylic acids is 4. The average molecular weight is 495 g/mol. The molecule has 0 bridgehead atoms. The second-order valence-corrected chi connectivity index (χ2v) is 8.55. The van der Waals surface area contributed by atoms with Gasteiger partial charge in [-0.1, -0.05) is 89.8 Å². The Hall–Kier alpha value is -3.28. The SMILES string of the molecule is CCCCCCN(C(=O)CC)C(=O)c1ccccc1.CCCCN(C(=O)CC)C(=O)c1ccccc1. The van der Waals surface area contributed by atoms with E-state index in [1.165, 1.54) is 9.80 Å². The quantitative estimate of drug-likeness (QED) is 0.315. The van der Waals surface area contributed by atoms with E-state index in [-0.39, 0.29) is 23.6 Å². The van der Waals surface area contributed by atoms with E-state index in [0.717, 1.165) is 38.5 Å². The highest BCUT2D eigenvalue weighted by atomic mass is 16.2. The van der Waals surface area contributed by atoms with E-state index in [0.29, 0.717) is 37.1 Å². The number of benzene rings is 2. The lowest BCUT2D eigenvalue weighted by Gasteiger charge is -2.20. The minimum atomic E-state index is -0.189. The lowest BCUT2D eigenvalue weighted by atomic mass is 10.1. The third-order valence-corrected chi connectivity index (χ3v) is 5.71. The van der Waals surface area contributed by atoms with E-state index in [2.05, 4.69) is 6.92 Å². The van der Waals surface area contributed by atoms with E-state index < -0.39 is 0 Å². The second-order valence-electron chi connectivity index (χ2n) is 8.55. The lowest BCUT2D eigenvalue weighted by molar-refractivity contribution is -0.129. The van der Waals surface area contributed by atoms with Crippen LogP contribution in [0.15, 0.2) is 60.7 Å². The van der Waals surface area contributed by atoms with Crippen molar-refractivity contribution in [1.82, 2.24) is 9.80 Å². The number of hydrogen-bond acceptors (Lipinski definition) is 4. The van der Waals surface area contributed by atoms with Crippen molar-refractivity contribution in [3.63, 3.8) is 0 Å². The average Bonchev–Trinajstić information content (AvgIpc) is 2.93. The highest BCUT2D eigenvalue weighted by Crippen LogP contribution is 2.10. The summed E-state index contributed by atoms with van der Waals surface area (Å²) >= 11 is 0. The Morgan fingerprint density at radius 2 is 0.917 bits per heavy atom. The van der Waals surface area contributed by atoms with Crippen LogP contribution in [0.4, 0.5) is 0 Å². The van der Waals surface area contributed by atoms with E-state index >= 15 is 0 Å². The standard InChI is InChI=1S/C16H23NO2.C14H19NO2/c1-3-5-6-10-13-17(15(18)4-2)16(19)14-11-8-7-9-12-14;1-3-5-11-15(13(16)4-2)14(17)12-9-7-6-8-10-12/h7-9,11-12H,3-6,10,13H2,1-2H3;6-10H,3-5,11H2,1-2H3. The molecule has 0 aliphatic rings. The van der Waals surface area contributed by atoms with Gasteiger partial charge in [0.05, 0.1) is 0 Å². The van der Waals surface area contributed by atoms with E-state index in [4.69, 9.17) is 0 Å². The van der Waals surface area contributed by atoms with Gasteiger partial charge in [0.15, 0.2) is 0 Å². The molecule has 2 aromatic carbocycles. The van der Waals surface area contributed by atoms with Crippen molar-refractivity contribution in [2.75, 3.05) is 13.1 Å². The van der Waals surface area contributed by atoms with Crippen molar-refractivity contribution < 1.29 is 19.2 Å². The summed E-state index contributed by atoms with van der Waals surface area (Å²) < 4.78 is 0. The van der Waals surface area contributed by atoms with Crippen LogP contribution < -0.4 is 0 Å². The van der Waals surface area contributed by atoms with Gasteiger partial charge < -0.3 is 0 Å². The Kier molecular flexibility index (Phi) is 15.4. The van der Waals surface area contributed by atoms with Crippen molar-refractivity contribution in [3.05, 3.63) is 71.8 Å². The Morgan fingerprint density at radius 3 is 1.28 bits per heavy atom. The second kappa shape index (κ2) is 18.1. The minimum absolute atomic E-state index is 0.0923. The van der Waals surface area contributed by atoms with Crippen LogP contribution in [-0.2, 0) is 9.59 Å². The molecule has 2 rings (SSSR count). The van der Waals surface area contributed by atoms with E-state index in [9.17, 15) is 19.2 Å². The van der Waals surface area contributed by atoms with E-state index in [1.54, 1.807) is 38.1 Å². The zero-order chi connectivity index (χ0) is 26.8. The Labute approximate surface area is 216 Å². The molecule has 0 N–H and O–H groups in total. The first-order valence-electron chi connectivity index (χ1n) is 13.2. The van der Waals surface area contributed by atoms with Gasteiger partial charge in [0.25, 0.3) is 11.8 Å². The van der Waals surface area contributed by atoms with Crippen LogP contribution in [0.3, 0.4) is 0 Å².